The van der Waals surface area contributed by atoms with Crippen molar-refractivity contribution in [3.63, 3.8) is 0 Å². The van der Waals surface area contributed by atoms with Crippen molar-refractivity contribution in [2.75, 3.05) is 18.0 Å². The molecule has 8 heteroatoms. The van der Waals surface area contributed by atoms with Crippen LogP contribution in [0.15, 0.2) is 33.7 Å². The molecule has 3 aromatic heterocycles. The Kier molecular flexibility index (Phi) is 3.38. The second-order valence-electron chi connectivity index (χ2n) is 5.80. The molecule has 0 amide bonds. The molecule has 0 saturated carbocycles. The first-order valence-corrected chi connectivity index (χ1v) is 7.66. The number of aromatic nitrogens is 4. The highest BCUT2D eigenvalue weighted by Gasteiger charge is 2.25. The maximum Gasteiger partial charge on any atom is 0.347 e. The SMILES string of the molecule is Cc1ccc(CNC2CCN(c3nccn4c(=O)[nH]nc34)C2)o1. The van der Waals surface area contributed by atoms with Crippen molar-refractivity contribution >= 4 is 11.5 Å². The Morgan fingerprint density at radius 2 is 2.39 bits per heavy atom. The van der Waals surface area contributed by atoms with Crippen LogP contribution in [0.5, 0.6) is 0 Å². The number of anilines is 1. The molecule has 1 aliphatic heterocycles. The van der Waals surface area contributed by atoms with Crippen LogP contribution in [0.25, 0.3) is 5.65 Å². The first kappa shape index (κ1) is 14.0. The fourth-order valence-corrected chi connectivity index (χ4v) is 3.00. The number of aryl methyl sites for hydroxylation is 1. The normalized spacial score (nSPS) is 18.1. The molecule has 4 heterocycles. The second-order valence-corrected chi connectivity index (χ2v) is 5.80. The van der Waals surface area contributed by atoms with Crippen molar-refractivity contribution in [3.8, 4) is 0 Å². The van der Waals surface area contributed by atoms with Crippen LogP contribution in [0, 0.1) is 6.92 Å². The van der Waals surface area contributed by atoms with E-state index >= 15 is 0 Å². The van der Waals surface area contributed by atoms with Gasteiger partial charge in [0.2, 0.25) is 5.65 Å². The molecule has 1 atom stereocenters. The fourth-order valence-electron chi connectivity index (χ4n) is 3.00. The third-order valence-electron chi connectivity index (χ3n) is 4.17. The Balaban J connectivity index is 1.46. The van der Waals surface area contributed by atoms with E-state index in [4.69, 9.17) is 4.42 Å². The van der Waals surface area contributed by atoms with E-state index in [9.17, 15) is 4.79 Å². The van der Waals surface area contributed by atoms with Gasteiger partial charge in [0.05, 0.1) is 6.54 Å². The number of H-pyrrole nitrogens is 1. The topological polar surface area (TPSA) is 91.5 Å². The lowest BCUT2D eigenvalue weighted by Crippen LogP contribution is -2.32. The number of nitrogens with zero attached hydrogens (tertiary/aromatic N) is 4. The Morgan fingerprint density at radius 3 is 3.22 bits per heavy atom. The molecule has 0 aromatic carbocycles. The Hall–Kier alpha value is -2.61. The molecule has 1 fully saturated rings. The zero-order chi connectivity index (χ0) is 15.8. The molecule has 1 saturated heterocycles. The Labute approximate surface area is 132 Å². The van der Waals surface area contributed by atoms with Crippen LogP contribution < -0.4 is 15.9 Å². The van der Waals surface area contributed by atoms with Crippen LogP contribution in [0.3, 0.4) is 0 Å². The summed E-state index contributed by atoms with van der Waals surface area (Å²) in [5, 5.41) is 10.0. The van der Waals surface area contributed by atoms with Crippen molar-refractivity contribution in [1.82, 2.24) is 24.9 Å². The first-order valence-electron chi connectivity index (χ1n) is 7.66. The summed E-state index contributed by atoms with van der Waals surface area (Å²) in [6.07, 6.45) is 4.26. The van der Waals surface area contributed by atoms with Gasteiger partial charge in [-0.25, -0.2) is 19.3 Å². The van der Waals surface area contributed by atoms with Crippen LogP contribution in [0.1, 0.15) is 17.9 Å². The van der Waals surface area contributed by atoms with E-state index in [1.807, 2.05) is 19.1 Å². The van der Waals surface area contributed by atoms with Gasteiger partial charge in [-0.3, -0.25) is 0 Å². The summed E-state index contributed by atoms with van der Waals surface area (Å²) >= 11 is 0. The summed E-state index contributed by atoms with van der Waals surface area (Å²) in [5.41, 5.74) is 0.325. The van der Waals surface area contributed by atoms with Crippen LogP contribution in [-0.2, 0) is 6.54 Å². The summed E-state index contributed by atoms with van der Waals surface area (Å²) in [6, 6.07) is 4.32. The largest absolute Gasteiger partial charge is 0.465 e. The predicted molar refractivity (Wildman–Crippen MR) is 84.5 cm³/mol. The molecule has 0 radical (unpaired) electrons. The van der Waals surface area contributed by atoms with Crippen LogP contribution in [0.2, 0.25) is 0 Å². The molecule has 120 valence electrons. The highest BCUT2D eigenvalue weighted by molar-refractivity contribution is 5.63. The molecule has 0 spiro atoms. The van der Waals surface area contributed by atoms with Gasteiger partial charge in [-0.2, -0.15) is 0 Å². The summed E-state index contributed by atoms with van der Waals surface area (Å²) in [7, 11) is 0. The van der Waals surface area contributed by atoms with Gasteiger partial charge in [0.25, 0.3) is 0 Å². The van der Waals surface area contributed by atoms with Crippen LogP contribution in [0.4, 0.5) is 5.82 Å². The van der Waals surface area contributed by atoms with Crippen molar-refractivity contribution in [2.45, 2.75) is 25.9 Å². The summed E-state index contributed by atoms with van der Waals surface area (Å²) in [4.78, 5) is 18.2. The molecule has 23 heavy (non-hydrogen) atoms. The highest BCUT2D eigenvalue weighted by atomic mass is 16.3. The Bertz CT molecular complexity index is 879. The smallest absolute Gasteiger partial charge is 0.347 e. The van der Waals surface area contributed by atoms with Crippen molar-refractivity contribution in [1.29, 1.82) is 0 Å². The number of nitrogens with one attached hydrogen (secondary N) is 2. The van der Waals surface area contributed by atoms with Gasteiger partial charge in [0, 0.05) is 31.5 Å². The van der Waals surface area contributed by atoms with Gasteiger partial charge >= 0.3 is 5.69 Å². The number of hydrogen-bond acceptors (Lipinski definition) is 6. The van der Waals surface area contributed by atoms with E-state index in [0.29, 0.717) is 18.2 Å². The molecule has 1 unspecified atom stereocenters. The third kappa shape index (κ3) is 2.61. The van der Waals surface area contributed by atoms with E-state index in [0.717, 1.165) is 36.8 Å². The van der Waals surface area contributed by atoms with Gasteiger partial charge in [-0.05, 0) is 25.5 Å². The van der Waals surface area contributed by atoms with E-state index in [1.54, 1.807) is 12.4 Å². The summed E-state index contributed by atoms with van der Waals surface area (Å²) < 4.78 is 7.06. The van der Waals surface area contributed by atoms with Crippen LogP contribution >= 0.6 is 0 Å². The van der Waals surface area contributed by atoms with Gasteiger partial charge in [-0.1, -0.05) is 0 Å². The highest BCUT2D eigenvalue weighted by Crippen LogP contribution is 2.21. The lowest BCUT2D eigenvalue weighted by molar-refractivity contribution is 0.440. The minimum atomic E-state index is -0.245. The lowest BCUT2D eigenvalue weighted by Gasteiger charge is -2.17. The van der Waals surface area contributed by atoms with Gasteiger partial charge in [0.1, 0.15) is 11.5 Å². The lowest BCUT2D eigenvalue weighted by atomic mass is 10.2. The number of fused-ring (bicyclic) bond motifs is 1. The van der Waals surface area contributed by atoms with Crippen molar-refractivity contribution < 1.29 is 4.42 Å². The van der Waals surface area contributed by atoms with Crippen molar-refractivity contribution in [3.05, 3.63) is 46.5 Å². The quantitative estimate of drug-likeness (QED) is 0.736. The maximum atomic E-state index is 11.6. The molecule has 4 rings (SSSR count). The zero-order valence-corrected chi connectivity index (χ0v) is 12.8. The number of aromatic amines is 1. The standard InChI is InChI=1S/C15H18N6O2/c1-10-2-3-12(23-10)8-17-11-4-6-20(9-11)13-14-18-19-15(22)21(14)7-5-16-13/h2-3,5,7,11,17H,4,6,8-9H2,1H3,(H,19,22). The summed E-state index contributed by atoms with van der Waals surface area (Å²) in [5.74, 6) is 2.61. The number of rotatable bonds is 4. The van der Waals surface area contributed by atoms with Crippen LogP contribution in [-0.4, -0.2) is 38.7 Å². The molecular formula is C15H18N6O2. The minimum Gasteiger partial charge on any atom is -0.465 e. The average Bonchev–Trinajstić information content (AvgIpc) is 3.26. The van der Waals surface area contributed by atoms with Gasteiger partial charge in [-0.15, -0.1) is 5.10 Å². The summed E-state index contributed by atoms with van der Waals surface area (Å²) in [6.45, 7) is 4.36. The molecule has 8 nitrogen and oxygen atoms in total. The average molecular weight is 314 g/mol. The monoisotopic (exact) mass is 314 g/mol. The molecule has 0 aliphatic carbocycles. The molecular weight excluding hydrogens is 296 g/mol. The van der Waals surface area contributed by atoms with E-state index in [1.165, 1.54) is 4.40 Å². The zero-order valence-electron chi connectivity index (χ0n) is 12.8. The van der Waals surface area contributed by atoms with Crippen molar-refractivity contribution in [2.24, 2.45) is 0 Å². The predicted octanol–water partition coefficient (Wildman–Crippen LogP) is 0.688. The Morgan fingerprint density at radius 1 is 1.48 bits per heavy atom. The fraction of sp³-hybridized carbons (Fsp3) is 0.400. The van der Waals surface area contributed by atoms with E-state index in [-0.39, 0.29) is 5.69 Å². The molecule has 2 N–H and O–H groups in total. The van der Waals surface area contributed by atoms with E-state index in [2.05, 4.69) is 25.4 Å². The maximum absolute atomic E-state index is 11.6. The minimum absolute atomic E-state index is 0.245. The number of furan rings is 1. The first-order chi connectivity index (χ1) is 11.2. The molecule has 3 aromatic rings. The number of hydrogen-bond donors (Lipinski definition) is 2. The van der Waals surface area contributed by atoms with Gasteiger partial charge in [0.15, 0.2) is 5.82 Å². The van der Waals surface area contributed by atoms with E-state index < -0.39 is 0 Å². The second kappa shape index (κ2) is 5.54. The molecule has 1 aliphatic rings. The third-order valence-corrected chi connectivity index (χ3v) is 4.17. The van der Waals surface area contributed by atoms with Gasteiger partial charge < -0.3 is 14.6 Å². The molecule has 0 bridgehead atoms.